The first-order chi connectivity index (χ1) is 6.02. The van der Waals surface area contributed by atoms with Crippen LogP contribution in [0.4, 0.5) is 0 Å². The number of hydrogen-bond donors (Lipinski definition) is 0. The summed E-state index contributed by atoms with van der Waals surface area (Å²) in [5, 5.41) is -0.120. The summed E-state index contributed by atoms with van der Waals surface area (Å²) >= 11 is 5.62. The summed E-state index contributed by atoms with van der Waals surface area (Å²) in [6, 6.07) is 0. The average molecular weight is 203 g/mol. The van der Waals surface area contributed by atoms with Gasteiger partial charge in [0.25, 0.3) is 0 Å². The molecule has 1 fully saturated rings. The Bertz CT molecular complexity index is 189. The molecular formula is C11H19ClO. The molecule has 0 radical (unpaired) electrons. The second kappa shape index (κ2) is 4.45. The topological polar surface area (TPSA) is 17.1 Å². The predicted molar refractivity (Wildman–Crippen MR) is 55.7 cm³/mol. The fourth-order valence-corrected chi connectivity index (χ4v) is 2.71. The SMILES string of the molecule is CC(C)C1CC[C@@H](C)C[C@H]1C(=O)Cl. The highest BCUT2D eigenvalue weighted by atomic mass is 35.5. The van der Waals surface area contributed by atoms with Crippen molar-refractivity contribution in [3.63, 3.8) is 0 Å². The van der Waals surface area contributed by atoms with Crippen LogP contribution < -0.4 is 0 Å². The van der Waals surface area contributed by atoms with Crippen LogP contribution in [-0.4, -0.2) is 5.24 Å². The molecule has 3 atom stereocenters. The van der Waals surface area contributed by atoms with Crippen molar-refractivity contribution >= 4 is 16.8 Å². The van der Waals surface area contributed by atoms with Gasteiger partial charge in [0.1, 0.15) is 0 Å². The first kappa shape index (κ1) is 11.0. The van der Waals surface area contributed by atoms with E-state index in [1.54, 1.807) is 0 Å². The van der Waals surface area contributed by atoms with Crippen molar-refractivity contribution in [2.75, 3.05) is 0 Å². The Kier molecular flexibility index (Phi) is 3.78. The smallest absolute Gasteiger partial charge is 0.225 e. The molecule has 1 aliphatic carbocycles. The van der Waals surface area contributed by atoms with Gasteiger partial charge in [-0.25, -0.2) is 0 Å². The zero-order valence-electron chi connectivity index (χ0n) is 8.72. The first-order valence-corrected chi connectivity index (χ1v) is 5.59. The lowest BCUT2D eigenvalue weighted by Gasteiger charge is -2.35. The molecule has 0 aromatic rings. The van der Waals surface area contributed by atoms with E-state index in [-0.39, 0.29) is 11.2 Å². The summed E-state index contributed by atoms with van der Waals surface area (Å²) in [5.74, 6) is 1.88. The van der Waals surface area contributed by atoms with Crippen molar-refractivity contribution in [2.24, 2.45) is 23.7 Å². The summed E-state index contributed by atoms with van der Waals surface area (Å²) < 4.78 is 0. The van der Waals surface area contributed by atoms with Gasteiger partial charge in [-0.1, -0.05) is 27.2 Å². The van der Waals surface area contributed by atoms with E-state index in [1.807, 2.05) is 0 Å². The van der Waals surface area contributed by atoms with Crippen LogP contribution in [0.5, 0.6) is 0 Å². The third-order valence-electron chi connectivity index (χ3n) is 3.31. The molecule has 0 aromatic carbocycles. The quantitative estimate of drug-likeness (QED) is 0.627. The van der Waals surface area contributed by atoms with Crippen molar-refractivity contribution in [1.82, 2.24) is 0 Å². The Morgan fingerprint density at radius 2 is 2.00 bits per heavy atom. The van der Waals surface area contributed by atoms with Crippen LogP contribution in [0.2, 0.25) is 0 Å². The van der Waals surface area contributed by atoms with Gasteiger partial charge in [0.05, 0.1) is 0 Å². The van der Waals surface area contributed by atoms with Gasteiger partial charge in [-0.15, -0.1) is 0 Å². The van der Waals surface area contributed by atoms with Crippen LogP contribution in [-0.2, 0) is 4.79 Å². The summed E-state index contributed by atoms with van der Waals surface area (Å²) in [6.45, 7) is 6.59. The number of halogens is 1. The molecule has 0 amide bonds. The van der Waals surface area contributed by atoms with Crippen molar-refractivity contribution < 1.29 is 4.79 Å². The fourth-order valence-electron chi connectivity index (χ4n) is 2.46. The molecule has 0 aliphatic heterocycles. The Hall–Kier alpha value is -0.0400. The van der Waals surface area contributed by atoms with Gasteiger partial charge in [-0.3, -0.25) is 4.79 Å². The first-order valence-electron chi connectivity index (χ1n) is 5.21. The number of carbonyl (C=O) groups is 1. The van der Waals surface area contributed by atoms with Crippen molar-refractivity contribution in [2.45, 2.75) is 40.0 Å². The predicted octanol–water partition coefficient (Wildman–Crippen LogP) is 3.46. The van der Waals surface area contributed by atoms with Crippen LogP contribution in [0.1, 0.15) is 40.0 Å². The molecule has 0 spiro atoms. The van der Waals surface area contributed by atoms with Gasteiger partial charge >= 0.3 is 0 Å². The molecule has 0 N–H and O–H groups in total. The molecular weight excluding hydrogens is 184 g/mol. The molecule has 2 heteroatoms. The summed E-state index contributed by atoms with van der Waals surface area (Å²) in [7, 11) is 0. The Balaban J connectivity index is 2.66. The maximum absolute atomic E-state index is 11.2. The Labute approximate surface area is 85.8 Å². The number of rotatable bonds is 2. The van der Waals surface area contributed by atoms with Gasteiger partial charge in [0.15, 0.2) is 0 Å². The molecule has 1 rings (SSSR count). The molecule has 1 aliphatic rings. The minimum atomic E-state index is -0.120. The van der Waals surface area contributed by atoms with E-state index in [9.17, 15) is 4.79 Å². The average Bonchev–Trinajstić information content (AvgIpc) is 2.03. The van der Waals surface area contributed by atoms with E-state index in [1.165, 1.54) is 12.8 Å². The van der Waals surface area contributed by atoms with Crippen LogP contribution >= 0.6 is 11.6 Å². The molecule has 13 heavy (non-hydrogen) atoms. The lowest BCUT2D eigenvalue weighted by Crippen LogP contribution is -2.31. The number of hydrogen-bond acceptors (Lipinski definition) is 1. The lowest BCUT2D eigenvalue weighted by molar-refractivity contribution is -0.119. The van der Waals surface area contributed by atoms with E-state index in [0.717, 1.165) is 6.42 Å². The van der Waals surface area contributed by atoms with Gasteiger partial charge in [-0.05, 0) is 42.2 Å². The second-order valence-corrected chi connectivity index (χ2v) is 5.11. The highest BCUT2D eigenvalue weighted by Crippen LogP contribution is 2.38. The monoisotopic (exact) mass is 202 g/mol. The normalized spacial score (nSPS) is 35.0. The highest BCUT2D eigenvalue weighted by molar-refractivity contribution is 6.64. The largest absolute Gasteiger partial charge is 0.281 e. The molecule has 1 unspecified atom stereocenters. The van der Waals surface area contributed by atoms with Gasteiger partial charge in [0.2, 0.25) is 5.24 Å². The number of carbonyl (C=O) groups excluding carboxylic acids is 1. The van der Waals surface area contributed by atoms with E-state index >= 15 is 0 Å². The highest BCUT2D eigenvalue weighted by Gasteiger charge is 2.34. The third-order valence-corrected chi connectivity index (χ3v) is 3.59. The summed E-state index contributed by atoms with van der Waals surface area (Å²) in [4.78, 5) is 11.2. The maximum atomic E-state index is 11.2. The van der Waals surface area contributed by atoms with E-state index < -0.39 is 0 Å². The van der Waals surface area contributed by atoms with Gasteiger partial charge < -0.3 is 0 Å². The summed E-state index contributed by atoms with van der Waals surface area (Å²) in [5.41, 5.74) is 0. The molecule has 76 valence electrons. The van der Waals surface area contributed by atoms with Crippen molar-refractivity contribution in [1.29, 1.82) is 0 Å². The lowest BCUT2D eigenvalue weighted by atomic mass is 9.71. The summed E-state index contributed by atoms with van der Waals surface area (Å²) in [6.07, 6.45) is 3.41. The molecule has 0 bridgehead atoms. The van der Waals surface area contributed by atoms with Crippen LogP contribution in [0, 0.1) is 23.7 Å². The van der Waals surface area contributed by atoms with E-state index in [0.29, 0.717) is 17.8 Å². The molecule has 0 saturated heterocycles. The Morgan fingerprint density at radius 3 is 2.46 bits per heavy atom. The van der Waals surface area contributed by atoms with Crippen LogP contribution in [0.15, 0.2) is 0 Å². The van der Waals surface area contributed by atoms with Crippen LogP contribution in [0.3, 0.4) is 0 Å². The zero-order chi connectivity index (χ0) is 10.0. The molecule has 1 saturated carbocycles. The van der Waals surface area contributed by atoms with Gasteiger partial charge in [0, 0.05) is 5.92 Å². The second-order valence-electron chi connectivity index (χ2n) is 4.74. The maximum Gasteiger partial charge on any atom is 0.225 e. The van der Waals surface area contributed by atoms with Crippen molar-refractivity contribution in [3.8, 4) is 0 Å². The fraction of sp³-hybridized carbons (Fsp3) is 0.909. The molecule has 0 heterocycles. The standard InChI is InChI=1S/C11H19ClO/c1-7(2)9-5-4-8(3)6-10(9)11(12)13/h7-10H,4-6H2,1-3H3/t8-,9?,10-/m1/s1. The van der Waals surface area contributed by atoms with Crippen LogP contribution in [0.25, 0.3) is 0 Å². The third kappa shape index (κ3) is 2.70. The molecule has 0 aromatic heterocycles. The minimum Gasteiger partial charge on any atom is -0.281 e. The van der Waals surface area contributed by atoms with Gasteiger partial charge in [-0.2, -0.15) is 0 Å². The van der Waals surface area contributed by atoms with E-state index in [4.69, 9.17) is 11.6 Å². The molecule has 1 nitrogen and oxygen atoms in total. The minimum absolute atomic E-state index is 0.116. The van der Waals surface area contributed by atoms with Crippen molar-refractivity contribution in [3.05, 3.63) is 0 Å². The van der Waals surface area contributed by atoms with E-state index in [2.05, 4.69) is 20.8 Å². The Morgan fingerprint density at radius 1 is 1.38 bits per heavy atom. The zero-order valence-corrected chi connectivity index (χ0v) is 9.47.